The highest BCUT2D eigenvalue weighted by atomic mass is 19.3. The first-order valence-electron chi connectivity index (χ1n) is 23.7. The van der Waals surface area contributed by atoms with Crippen molar-refractivity contribution in [3.63, 3.8) is 0 Å². The molecule has 432 valence electrons. The van der Waals surface area contributed by atoms with Gasteiger partial charge in [-0.15, -0.1) is 25.7 Å². The van der Waals surface area contributed by atoms with Crippen molar-refractivity contribution in [3.05, 3.63) is 122 Å². The summed E-state index contributed by atoms with van der Waals surface area (Å²) >= 11 is 0. The van der Waals surface area contributed by atoms with E-state index < -0.39 is 174 Å². The number of nitrogens with one attached hydrogen (secondary N) is 3. The quantitative estimate of drug-likeness (QED) is 0.0624. The Hall–Kier alpha value is -7.73. The Morgan fingerprint density at radius 2 is 0.938 bits per heavy atom. The van der Waals surface area contributed by atoms with E-state index in [0.29, 0.717) is 11.0 Å². The van der Waals surface area contributed by atoms with E-state index in [4.69, 9.17) is 50.4 Å². The second kappa shape index (κ2) is 25.6. The van der Waals surface area contributed by atoms with Gasteiger partial charge in [-0.25, -0.2) is 28.0 Å². The van der Waals surface area contributed by atoms with Crippen LogP contribution in [0.2, 0.25) is 0 Å². The van der Waals surface area contributed by atoms with E-state index >= 15 is 0 Å². The molecule has 0 amide bonds. The summed E-state index contributed by atoms with van der Waals surface area (Å²) in [5.74, 6) is 4.74. The van der Waals surface area contributed by atoms with Gasteiger partial charge < -0.3 is 65.5 Å². The lowest BCUT2D eigenvalue weighted by atomic mass is 9.89. The lowest BCUT2D eigenvalue weighted by Crippen LogP contribution is -2.44. The minimum atomic E-state index is -3.06. The molecule has 13 N–H and O–H groups in total. The van der Waals surface area contributed by atoms with Crippen molar-refractivity contribution in [2.45, 2.75) is 98.4 Å². The summed E-state index contributed by atoms with van der Waals surface area (Å²) in [6, 6.07) is 4.62. The Kier molecular flexibility index (Phi) is 20.2. The minimum Gasteiger partial charge on any atom is -0.392 e. The van der Waals surface area contributed by atoms with Crippen LogP contribution in [0.1, 0.15) is 45.2 Å². The lowest BCUT2D eigenvalue weighted by molar-refractivity contribution is -0.0942. The smallest absolute Gasteiger partial charge is 0.351 e. The molecule has 4 aliphatic rings. The Labute approximate surface area is 448 Å². The number of terminal acetylenes is 4. The van der Waals surface area contributed by atoms with Gasteiger partial charge in [0.25, 0.3) is 16.7 Å². The van der Waals surface area contributed by atoms with Crippen molar-refractivity contribution in [2.75, 3.05) is 38.8 Å². The van der Waals surface area contributed by atoms with Crippen LogP contribution in [0.25, 0.3) is 0 Å². The first kappa shape index (κ1) is 63.1. The first-order chi connectivity index (χ1) is 37.8. The number of aromatic amines is 3. The number of halogens is 3. The predicted molar refractivity (Wildman–Crippen MR) is 268 cm³/mol. The van der Waals surface area contributed by atoms with Crippen molar-refractivity contribution in [1.29, 1.82) is 0 Å². The van der Waals surface area contributed by atoms with Crippen LogP contribution >= 0.6 is 0 Å². The fourth-order valence-electron chi connectivity index (χ4n) is 9.16. The zero-order chi connectivity index (χ0) is 59.8. The van der Waals surface area contributed by atoms with Crippen molar-refractivity contribution < 1.29 is 73.0 Å². The van der Waals surface area contributed by atoms with Crippen LogP contribution in [0.15, 0.2) is 82.6 Å². The molecule has 31 heteroatoms. The summed E-state index contributed by atoms with van der Waals surface area (Å²) in [6.45, 7) is -0.261. The molecule has 8 rings (SSSR count). The number of aromatic nitrogens is 8. The van der Waals surface area contributed by atoms with Crippen LogP contribution in [0.4, 0.5) is 19.0 Å². The molecule has 0 radical (unpaired) electrons. The largest absolute Gasteiger partial charge is 0.392 e. The number of nitrogen functional groups attached to an aromatic ring is 1. The monoisotopic (exact) mass is 1130 g/mol. The van der Waals surface area contributed by atoms with Gasteiger partial charge in [0.1, 0.15) is 48.9 Å². The average molecular weight is 1130 g/mol. The van der Waals surface area contributed by atoms with Crippen LogP contribution in [0.5, 0.6) is 0 Å². The standard InChI is InChI=1S/C13H17N3O4.C12H12F2N2O5.C12H13FN2O5.C12H14N2O5/c1-3-8-10(18)13(4-2,7-17)20-11(8)16-6-5-9(14)15-12(16)19;1-2-12(5-17)8(19)7(9(13)14)10(21-12)16-4-3-6(18)15-11(16)20;1-2-12(6-16)9(18)7(5-13)10(20-12)15-4-3-8(17)14-11(15)19;1-3-12(6-15)9(17)7(2)10(19-12)14-5-4-8(16)13-11(14)18/h2,5-6,8,10-11,17-18H,3,7H2,1H3,(H2,14,15,19);1,3-4,7-10,17,19H,5H2,(H,15,18,20);1,3-4,7,9-10,16,18H,5-6H2,(H,14,17,19);1,4-5,7,9-10,15,17H,6H2,2H3,(H,13,16,18)/t8-,10-,11+,13+;7-,8+,10-,12-;2*7-,9-,10+,12+/m0100/s1. The molecule has 8 heterocycles. The number of aliphatic hydroxyl groups is 8. The number of hydrogen-bond donors (Lipinski definition) is 12. The number of ether oxygens (including phenoxy) is 4. The molecule has 80 heavy (non-hydrogen) atoms. The Morgan fingerprint density at radius 3 is 1.30 bits per heavy atom. The molecule has 0 unspecified atom stereocenters. The van der Waals surface area contributed by atoms with Gasteiger partial charge in [0.05, 0.1) is 44.9 Å². The summed E-state index contributed by atoms with van der Waals surface area (Å²) in [6.07, 6.45) is 13.2. The molecule has 0 aliphatic carbocycles. The SMILES string of the molecule is C#C[C@]1(CO)O[C@@H](n2ccc(=O)[nH]c2=O)[C@@H](C(F)F)[C@@H]1O.C#C[C@]1(CO)O[C@@H](n2ccc(=O)[nH]c2=O)[C@@H](C)[C@@H]1O.C#C[C@]1(CO)O[C@@H](n2ccc(=O)[nH]c2=O)[C@@H](CF)[C@@H]1O.C#C[C@]1(CO)O[C@@H](n2ccc(N)nc2=O)[C@@H](CC)[C@@H]1O. The number of aliphatic hydroxyl groups excluding tert-OH is 8. The van der Waals surface area contributed by atoms with Gasteiger partial charge in [-0.1, -0.05) is 37.5 Å². The molecule has 0 bridgehead atoms. The van der Waals surface area contributed by atoms with Crippen LogP contribution < -0.4 is 45.2 Å². The van der Waals surface area contributed by atoms with Gasteiger partial charge in [0, 0.05) is 54.8 Å². The van der Waals surface area contributed by atoms with Gasteiger partial charge in [-0.3, -0.25) is 52.0 Å². The zero-order valence-electron chi connectivity index (χ0n) is 42.2. The predicted octanol–water partition coefficient (Wildman–Crippen LogP) is -5.42. The fourth-order valence-corrected chi connectivity index (χ4v) is 9.16. The lowest BCUT2D eigenvalue weighted by Gasteiger charge is -2.24. The van der Waals surface area contributed by atoms with Gasteiger partial charge in [0.2, 0.25) is 6.43 Å². The highest BCUT2D eigenvalue weighted by Crippen LogP contribution is 2.45. The molecular formula is C49H56F3N9O19. The first-order valence-corrected chi connectivity index (χ1v) is 23.7. The average Bonchev–Trinajstić information content (AvgIpc) is 4.22. The number of anilines is 1. The third-order valence-electron chi connectivity index (χ3n) is 13.8. The minimum absolute atomic E-state index is 0.100. The highest BCUT2D eigenvalue weighted by molar-refractivity contribution is 5.25. The third kappa shape index (κ3) is 11.9. The molecular weight excluding hydrogens is 1080 g/mol. The number of alkyl halides is 3. The third-order valence-corrected chi connectivity index (χ3v) is 13.8. The molecule has 4 saturated heterocycles. The van der Waals surface area contributed by atoms with Gasteiger partial charge >= 0.3 is 22.8 Å². The summed E-state index contributed by atoms with van der Waals surface area (Å²) in [7, 11) is 0. The molecule has 4 aliphatic heterocycles. The van der Waals surface area contributed by atoms with E-state index in [1.165, 1.54) is 29.1 Å². The van der Waals surface area contributed by atoms with Crippen LogP contribution in [-0.2, 0) is 18.9 Å². The number of nitrogens with two attached hydrogens (primary N) is 1. The van der Waals surface area contributed by atoms with E-state index in [2.05, 4.69) is 27.7 Å². The maximum atomic E-state index is 13.2. The highest BCUT2D eigenvalue weighted by Gasteiger charge is 2.59. The van der Waals surface area contributed by atoms with Gasteiger partial charge in [-0.2, -0.15) is 4.98 Å². The summed E-state index contributed by atoms with van der Waals surface area (Å²) in [4.78, 5) is 89.5. The number of nitrogens with zero attached hydrogens (tertiary/aromatic N) is 5. The fraction of sp³-hybridized carbons (Fsp3) is 0.510. The van der Waals surface area contributed by atoms with Crippen LogP contribution in [0, 0.1) is 73.0 Å². The summed E-state index contributed by atoms with van der Waals surface area (Å²) in [5, 5.41) is 77.6. The molecule has 4 aromatic rings. The molecule has 4 fully saturated rings. The number of hydrogen-bond acceptors (Lipinski definition) is 21. The van der Waals surface area contributed by atoms with E-state index in [9.17, 15) is 87.6 Å². The topological polar surface area (TPSA) is 424 Å². The van der Waals surface area contributed by atoms with E-state index in [1.54, 1.807) is 6.92 Å². The molecule has 4 aromatic heterocycles. The second-order valence-corrected chi connectivity index (χ2v) is 18.3. The molecule has 0 spiro atoms. The molecule has 28 nitrogen and oxygen atoms in total. The Bertz CT molecular complexity index is 3450. The number of H-pyrrole nitrogens is 3. The van der Waals surface area contributed by atoms with Gasteiger partial charge in [0.15, 0.2) is 28.6 Å². The number of rotatable bonds is 11. The Balaban J connectivity index is 0.000000196. The normalized spacial score (nSPS) is 33.1. The van der Waals surface area contributed by atoms with Crippen LogP contribution in [-0.4, -0.2) is 165 Å². The summed E-state index contributed by atoms with van der Waals surface area (Å²) in [5.41, 5.74) is -6.36. The maximum absolute atomic E-state index is 13.2. The maximum Gasteiger partial charge on any atom is 0.351 e. The molecule has 0 saturated carbocycles. The molecule has 0 aromatic carbocycles. The molecule has 16 atom stereocenters. The van der Waals surface area contributed by atoms with E-state index in [0.717, 1.165) is 33.7 Å². The van der Waals surface area contributed by atoms with Crippen LogP contribution in [0.3, 0.4) is 0 Å². The zero-order valence-corrected chi connectivity index (χ0v) is 42.2. The van der Waals surface area contributed by atoms with Crippen molar-refractivity contribution >= 4 is 5.82 Å². The van der Waals surface area contributed by atoms with Gasteiger partial charge in [-0.05, 0) is 12.5 Å². The van der Waals surface area contributed by atoms with E-state index in [1.807, 2.05) is 22.8 Å². The Morgan fingerprint density at radius 1 is 0.588 bits per heavy atom. The summed E-state index contributed by atoms with van der Waals surface area (Å²) < 4.78 is 65.0. The van der Waals surface area contributed by atoms with Crippen molar-refractivity contribution in [3.8, 4) is 49.4 Å². The van der Waals surface area contributed by atoms with Crippen molar-refractivity contribution in [2.24, 2.45) is 23.7 Å². The van der Waals surface area contributed by atoms with E-state index in [-0.39, 0.29) is 5.82 Å². The van der Waals surface area contributed by atoms with Crippen molar-refractivity contribution in [1.82, 2.24) is 38.2 Å². The second-order valence-electron chi connectivity index (χ2n) is 18.3.